The molecule has 1 aliphatic carbocycles. The van der Waals surface area contributed by atoms with Crippen LogP contribution in [-0.4, -0.2) is 11.6 Å². The maximum absolute atomic E-state index is 9.32. The van der Waals surface area contributed by atoms with Crippen LogP contribution in [0, 0.1) is 17.2 Å². The van der Waals surface area contributed by atoms with Crippen LogP contribution in [0.5, 0.6) is 0 Å². The average Bonchev–Trinajstić information content (AvgIpc) is 2.28. The highest BCUT2D eigenvalue weighted by molar-refractivity contribution is 5.05. The first-order valence-electron chi connectivity index (χ1n) is 6.75. The van der Waals surface area contributed by atoms with Gasteiger partial charge < -0.3 is 0 Å². The predicted octanol–water partition coefficient (Wildman–Crippen LogP) is 3.63. The van der Waals surface area contributed by atoms with E-state index in [0.29, 0.717) is 12.0 Å². The Morgan fingerprint density at radius 1 is 1.31 bits per heavy atom. The summed E-state index contributed by atoms with van der Waals surface area (Å²) in [7, 11) is 0. The highest BCUT2D eigenvalue weighted by atomic mass is 15.0. The zero-order valence-electron chi connectivity index (χ0n) is 11.1. The molecule has 0 amide bonds. The molecule has 1 aliphatic rings. The van der Waals surface area contributed by atoms with Gasteiger partial charge in [0.1, 0.15) is 5.54 Å². The molecule has 16 heavy (non-hydrogen) atoms. The van der Waals surface area contributed by atoms with E-state index in [2.05, 4.69) is 32.2 Å². The minimum atomic E-state index is -0.313. The van der Waals surface area contributed by atoms with Crippen LogP contribution < -0.4 is 5.32 Å². The minimum absolute atomic E-state index is 0.313. The highest BCUT2D eigenvalue weighted by Gasteiger charge is 2.27. The van der Waals surface area contributed by atoms with Crippen LogP contribution in [0.4, 0.5) is 0 Å². The Kier molecular flexibility index (Phi) is 5.28. The van der Waals surface area contributed by atoms with E-state index in [1.54, 1.807) is 0 Å². The van der Waals surface area contributed by atoms with Crippen molar-refractivity contribution in [1.82, 2.24) is 5.32 Å². The lowest BCUT2D eigenvalue weighted by atomic mass is 9.89. The van der Waals surface area contributed by atoms with Gasteiger partial charge >= 0.3 is 0 Å². The monoisotopic (exact) mass is 222 g/mol. The lowest BCUT2D eigenvalue weighted by molar-refractivity contribution is 0.285. The van der Waals surface area contributed by atoms with Gasteiger partial charge in [-0.1, -0.05) is 33.1 Å². The summed E-state index contributed by atoms with van der Waals surface area (Å²) in [6, 6.07) is 3.04. The van der Waals surface area contributed by atoms with E-state index in [1.807, 2.05) is 0 Å². The van der Waals surface area contributed by atoms with Crippen molar-refractivity contribution in [2.45, 2.75) is 77.3 Å². The van der Waals surface area contributed by atoms with Crippen molar-refractivity contribution in [3.63, 3.8) is 0 Å². The van der Waals surface area contributed by atoms with E-state index in [0.717, 1.165) is 12.8 Å². The molecule has 0 aliphatic heterocycles. The molecule has 2 nitrogen and oxygen atoms in total. The molecule has 1 N–H and O–H groups in total. The third-order valence-corrected chi connectivity index (χ3v) is 3.60. The first-order valence-corrected chi connectivity index (χ1v) is 6.75. The Bertz CT molecular complexity index is 236. The molecule has 0 heterocycles. The largest absolute Gasteiger partial charge is 0.297 e. The van der Waals surface area contributed by atoms with E-state index < -0.39 is 0 Å². The Balaban J connectivity index is 2.42. The van der Waals surface area contributed by atoms with Crippen molar-refractivity contribution in [3.05, 3.63) is 0 Å². The van der Waals surface area contributed by atoms with Crippen LogP contribution >= 0.6 is 0 Å². The summed E-state index contributed by atoms with van der Waals surface area (Å²) in [6.45, 7) is 6.50. The Morgan fingerprint density at radius 2 is 1.94 bits per heavy atom. The fraction of sp³-hybridized carbons (Fsp3) is 0.929. The number of hydrogen-bond donors (Lipinski definition) is 1. The highest BCUT2D eigenvalue weighted by Crippen LogP contribution is 2.22. The second-order valence-corrected chi connectivity index (χ2v) is 5.86. The molecule has 1 fully saturated rings. The maximum Gasteiger partial charge on any atom is 0.104 e. The van der Waals surface area contributed by atoms with Gasteiger partial charge in [-0.15, -0.1) is 0 Å². The first kappa shape index (κ1) is 13.5. The molecule has 0 bridgehead atoms. The molecule has 1 atom stereocenters. The molecular weight excluding hydrogens is 196 g/mol. The Morgan fingerprint density at radius 3 is 2.44 bits per heavy atom. The van der Waals surface area contributed by atoms with Crippen molar-refractivity contribution >= 4 is 0 Å². The second kappa shape index (κ2) is 6.25. The fourth-order valence-electron chi connectivity index (χ4n) is 2.44. The number of nitrogens with one attached hydrogen (secondary N) is 1. The number of nitrogens with zero attached hydrogens (tertiary/aromatic N) is 1. The van der Waals surface area contributed by atoms with Crippen LogP contribution in [-0.2, 0) is 0 Å². The van der Waals surface area contributed by atoms with Crippen LogP contribution in [0.2, 0.25) is 0 Å². The topological polar surface area (TPSA) is 35.8 Å². The molecular formula is C14H26N2. The van der Waals surface area contributed by atoms with Gasteiger partial charge in [-0.3, -0.25) is 5.32 Å². The zero-order valence-corrected chi connectivity index (χ0v) is 11.1. The van der Waals surface area contributed by atoms with Gasteiger partial charge in [0.2, 0.25) is 0 Å². The van der Waals surface area contributed by atoms with Crippen LogP contribution in [0.25, 0.3) is 0 Å². The van der Waals surface area contributed by atoms with Gasteiger partial charge in [-0.2, -0.15) is 5.26 Å². The van der Waals surface area contributed by atoms with Gasteiger partial charge in [0.25, 0.3) is 0 Å². The smallest absolute Gasteiger partial charge is 0.104 e. The van der Waals surface area contributed by atoms with Gasteiger partial charge in [-0.05, 0) is 38.5 Å². The summed E-state index contributed by atoms with van der Waals surface area (Å²) in [6.07, 6.45) is 8.61. The molecule has 0 aromatic carbocycles. The van der Waals surface area contributed by atoms with Crippen molar-refractivity contribution < 1.29 is 0 Å². The van der Waals surface area contributed by atoms with E-state index in [4.69, 9.17) is 0 Å². The maximum atomic E-state index is 9.32. The van der Waals surface area contributed by atoms with E-state index >= 15 is 0 Å². The standard InChI is InChI=1S/C14H26N2/c1-12(2)9-10-14(3,11-15)16-13-7-5-4-6-8-13/h12-13,16H,4-10H2,1-3H3. The zero-order chi connectivity index (χ0) is 12.0. The molecule has 2 heteroatoms. The molecule has 0 aromatic heterocycles. The Hall–Kier alpha value is -0.550. The van der Waals surface area contributed by atoms with Gasteiger partial charge in [0.15, 0.2) is 0 Å². The molecule has 1 unspecified atom stereocenters. The molecule has 0 aromatic rings. The molecule has 1 saturated carbocycles. The third-order valence-electron chi connectivity index (χ3n) is 3.60. The summed E-state index contributed by atoms with van der Waals surface area (Å²) >= 11 is 0. The summed E-state index contributed by atoms with van der Waals surface area (Å²) in [5.74, 6) is 0.681. The normalized spacial score (nSPS) is 21.7. The SMILES string of the molecule is CC(C)CCC(C)(C#N)NC1CCCCC1. The lowest BCUT2D eigenvalue weighted by Gasteiger charge is -2.32. The van der Waals surface area contributed by atoms with Crippen molar-refractivity contribution in [2.75, 3.05) is 0 Å². The van der Waals surface area contributed by atoms with Gasteiger partial charge in [0, 0.05) is 6.04 Å². The summed E-state index contributed by atoms with van der Waals surface area (Å²) in [5, 5.41) is 12.9. The second-order valence-electron chi connectivity index (χ2n) is 5.86. The van der Waals surface area contributed by atoms with Crippen LogP contribution in [0.1, 0.15) is 65.7 Å². The van der Waals surface area contributed by atoms with E-state index in [1.165, 1.54) is 32.1 Å². The number of hydrogen-bond acceptors (Lipinski definition) is 2. The predicted molar refractivity (Wildman–Crippen MR) is 68.1 cm³/mol. The Labute approximate surface area is 100 Å². The molecule has 0 saturated heterocycles. The number of rotatable bonds is 5. The quantitative estimate of drug-likeness (QED) is 0.771. The van der Waals surface area contributed by atoms with Crippen LogP contribution in [0.15, 0.2) is 0 Å². The molecule has 0 radical (unpaired) electrons. The third kappa shape index (κ3) is 4.53. The van der Waals surface area contributed by atoms with E-state index in [9.17, 15) is 5.26 Å². The van der Waals surface area contributed by atoms with Crippen molar-refractivity contribution in [1.29, 1.82) is 5.26 Å². The summed E-state index contributed by atoms with van der Waals surface area (Å²) in [5.41, 5.74) is -0.313. The molecule has 1 rings (SSSR count). The minimum Gasteiger partial charge on any atom is -0.297 e. The fourth-order valence-corrected chi connectivity index (χ4v) is 2.44. The summed E-state index contributed by atoms with van der Waals surface area (Å²) in [4.78, 5) is 0. The van der Waals surface area contributed by atoms with Gasteiger partial charge in [0.05, 0.1) is 6.07 Å². The van der Waals surface area contributed by atoms with Crippen molar-refractivity contribution in [2.24, 2.45) is 5.92 Å². The molecule has 0 spiro atoms. The van der Waals surface area contributed by atoms with Crippen LogP contribution in [0.3, 0.4) is 0 Å². The lowest BCUT2D eigenvalue weighted by Crippen LogP contribution is -2.48. The average molecular weight is 222 g/mol. The van der Waals surface area contributed by atoms with E-state index in [-0.39, 0.29) is 5.54 Å². The summed E-state index contributed by atoms with van der Waals surface area (Å²) < 4.78 is 0. The van der Waals surface area contributed by atoms with Crippen molar-refractivity contribution in [3.8, 4) is 6.07 Å². The first-order chi connectivity index (χ1) is 7.56. The van der Waals surface area contributed by atoms with Gasteiger partial charge in [-0.25, -0.2) is 0 Å². The molecule has 92 valence electrons. The number of nitriles is 1.